The molecule has 1 atom stereocenters. The third-order valence-electron chi connectivity index (χ3n) is 1.58. The van der Waals surface area contributed by atoms with Crippen LogP contribution in [-0.4, -0.2) is 18.0 Å². The molecule has 0 fully saturated rings. The summed E-state index contributed by atoms with van der Waals surface area (Å²) in [7, 11) is 0. The number of alkyl halides is 1. The summed E-state index contributed by atoms with van der Waals surface area (Å²) in [6.07, 6.45) is 5.79. The highest BCUT2D eigenvalue weighted by Gasteiger charge is 2.15. The maximum atomic E-state index is 11.4. The van der Waals surface area contributed by atoms with Gasteiger partial charge in [0.1, 0.15) is 0 Å². The van der Waals surface area contributed by atoms with Crippen LogP contribution in [0.5, 0.6) is 0 Å². The lowest BCUT2D eigenvalue weighted by Crippen LogP contribution is -2.19. The van der Waals surface area contributed by atoms with Crippen LogP contribution in [0.3, 0.4) is 0 Å². The van der Waals surface area contributed by atoms with E-state index in [-0.39, 0.29) is 18.0 Å². The van der Waals surface area contributed by atoms with Gasteiger partial charge in [-0.25, -0.2) is 0 Å². The summed E-state index contributed by atoms with van der Waals surface area (Å²) in [6.45, 7) is 7.25. The summed E-state index contributed by atoms with van der Waals surface area (Å²) in [6, 6.07) is 0. The first kappa shape index (κ1) is 13.2. The second kappa shape index (κ2) is 7.63. The zero-order valence-corrected chi connectivity index (χ0v) is 9.46. The summed E-state index contributed by atoms with van der Waals surface area (Å²) >= 11 is 5.46. The first-order valence-electron chi connectivity index (χ1n) is 4.65. The predicted molar refractivity (Wildman–Crippen MR) is 59.4 cm³/mol. The van der Waals surface area contributed by atoms with Gasteiger partial charge in [-0.1, -0.05) is 18.2 Å². The topological polar surface area (TPSA) is 26.3 Å². The highest BCUT2D eigenvalue weighted by molar-refractivity contribution is 6.18. The van der Waals surface area contributed by atoms with E-state index in [4.69, 9.17) is 16.3 Å². The van der Waals surface area contributed by atoms with Gasteiger partial charge in [-0.3, -0.25) is 4.79 Å². The van der Waals surface area contributed by atoms with E-state index < -0.39 is 0 Å². The minimum absolute atomic E-state index is 0.0815. The molecule has 0 aliphatic carbocycles. The second-order valence-electron chi connectivity index (χ2n) is 3.19. The Bertz CT molecular complexity index is 209. The van der Waals surface area contributed by atoms with Crippen LogP contribution >= 0.6 is 11.6 Å². The summed E-state index contributed by atoms with van der Waals surface area (Å²) in [4.78, 5) is 11.4. The molecule has 2 nitrogen and oxygen atoms in total. The van der Waals surface area contributed by atoms with E-state index in [2.05, 4.69) is 6.58 Å². The minimum atomic E-state index is -0.267. The number of esters is 1. The van der Waals surface area contributed by atoms with Gasteiger partial charge in [0.15, 0.2) is 0 Å². The van der Waals surface area contributed by atoms with E-state index in [1.165, 1.54) is 0 Å². The highest BCUT2D eigenvalue weighted by Crippen LogP contribution is 2.09. The Morgan fingerprint density at radius 1 is 1.50 bits per heavy atom. The Labute approximate surface area is 90.6 Å². The molecular formula is C11H17ClO2. The van der Waals surface area contributed by atoms with Crippen molar-refractivity contribution in [1.29, 1.82) is 0 Å². The van der Waals surface area contributed by atoms with Gasteiger partial charge in [0, 0.05) is 5.88 Å². The molecule has 14 heavy (non-hydrogen) atoms. The largest absolute Gasteiger partial charge is 0.463 e. The molecule has 0 N–H and O–H groups in total. The van der Waals surface area contributed by atoms with Crippen molar-refractivity contribution in [1.82, 2.24) is 0 Å². The van der Waals surface area contributed by atoms with Crippen molar-refractivity contribution in [3.8, 4) is 0 Å². The molecule has 0 radical (unpaired) electrons. The van der Waals surface area contributed by atoms with E-state index in [1.54, 1.807) is 12.2 Å². The van der Waals surface area contributed by atoms with E-state index in [1.807, 2.05) is 19.9 Å². The molecule has 0 aromatic heterocycles. The Kier molecular flexibility index (Phi) is 7.21. The first-order chi connectivity index (χ1) is 6.61. The number of hydrogen-bond donors (Lipinski definition) is 0. The smallest absolute Gasteiger partial charge is 0.313 e. The van der Waals surface area contributed by atoms with Gasteiger partial charge in [-0.2, -0.15) is 0 Å². The van der Waals surface area contributed by atoms with Crippen LogP contribution in [-0.2, 0) is 9.53 Å². The summed E-state index contributed by atoms with van der Waals surface area (Å²) in [5, 5.41) is 0. The zero-order valence-electron chi connectivity index (χ0n) is 8.70. The van der Waals surface area contributed by atoms with Crippen LogP contribution in [0.1, 0.15) is 20.3 Å². The van der Waals surface area contributed by atoms with Gasteiger partial charge in [0.05, 0.1) is 12.0 Å². The minimum Gasteiger partial charge on any atom is -0.463 e. The lowest BCUT2D eigenvalue weighted by molar-refractivity contribution is -0.150. The number of rotatable bonds is 6. The summed E-state index contributed by atoms with van der Waals surface area (Å²) in [5.74, 6) is -0.0330. The van der Waals surface area contributed by atoms with Gasteiger partial charge >= 0.3 is 5.97 Å². The lowest BCUT2D eigenvalue weighted by Gasteiger charge is -2.12. The first-order valence-corrected chi connectivity index (χ1v) is 5.19. The van der Waals surface area contributed by atoms with Crippen molar-refractivity contribution in [2.45, 2.75) is 26.4 Å². The number of carbonyl (C=O) groups is 1. The van der Waals surface area contributed by atoms with Crippen LogP contribution in [0.25, 0.3) is 0 Å². The van der Waals surface area contributed by atoms with Gasteiger partial charge in [0.25, 0.3) is 0 Å². The van der Waals surface area contributed by atoms with E-state index in [9.17, 15) is 4.79 Å². The van der Waals surface area contributed by atoms with E-state index in [0.29, 0.717) is 12.3 Å². The van der Waals surface area contributed by atoms with Crippen molar-refractivity contribution in [2.75, 3.05) is 5.88 Å². The molecule has 0 aliphatic rings. The highest BCUT2D eigenvalue weighted by atomic mass is 35.5. The maximum Gasteiger partial charge on any atom is 0.313 e. The Hall–Kier alpha value is -0.760. The molecule has 0 saturated carbocycles. The van der Waals surface area contributed by atoms with E-state index in [0.717, 1.165) is 0 Å². The molecule has 0 heterocycles. The molecule has 0 aliphatic heterocycles. The van der Waals surface area contributed by atoms with Crippen molar-refractivity contribution in [3.63, 3.8) is 0 Å². The standard InChI is InChI=1S/C11H17ClO2/c1-4-10(7-5-6-8-12)11(13)14-9(2)3/h4-6,9-10H,1,7-8H2,2-3H3/b6-5+. The van der Waals surface area contributed by atoms with Gasteiger partial charge < -0.3 is 4.74 Å². The lowest BCUT2D eigenvalue weighted by atomic mass is 10.1. The van der Waals surface area contributed by atoms with Gasteiger partial charge in [-0.15, -0.1) is 18.2 Å². The van der Waals surface area contributed by atoms with Crippen LogP contribution in [0.15, 0.2) is 24.8 Å². The van der Waals surface area contributed by atoms with Crippen LogP contribution in [0.2, 0.25) is 0 Å². The van der Waals surface area contributed by atoms with Gasteiger partial charge in [0.2, 0.25) is 0 Å². The molecule has 0 aromatic carbocycles. The average molecular weight is 217 g/mol. The molecule has 0 bridgehead atoms. The number of ether oxygens (including phenoxy) is 1. The number of allylic oxidation sites excluding steroid dienone is 2. The quantitative estimate of drug-likeness (QED) is 0.388. The second-order valence-corrected chi connectivity index (χ2v) is 3.50. The normalized spacial score (nSPS) is 13.1. The summed E-state index contributed by atoms with van der Waals surface area (Å²) < 4.78 is 5.06. The zero-order chi connectivity index (χ0) is 11.0. The van der Waals surface area contributed by atoms with Crippen LogP contribution in [0.4, 0.5) is 0 Å². The van der Waals surface area contributed by atoms with Crippen molar-refractivity contribution < 1.29 is 9.53 Å². The molecule has 0 saturated heterocycles. The number of hydrogen-bond acceptors (Lipinski definition) is 2. The molecule has 0 spiro atoms. The molecule has 0 rings (SSSR count). The van der Waals surface area contributed by atoms with Crippen molar-refractivity contribution >= 4 is 17.6 Å². The SMILES string of the molecule is C=CC(C/C=C/CCl)C(=O)OC(C)C. The Morgan fingerprint density at radius 3 is 2.57 bits per heavy atom. The fourth-order valence-electron chi connectivity index (χ4n) is 0.914. The van der Waals surface area contributed by atoms with E-state index >= 15 is 0 Å². The monoisotopic (exact) mass is 216 g/mol. The number of carbonyl (C=O) groups excluding carboxylic acids is 1. The molecule has 3 heteroatoms. The molecule has 80 valence electrons. The van der Waals surface area contributed by atoms with Crippen molar-refractivity contribution in [3.05, 3.63) is 24.8 Å². The molecule has 0 aromatic rings. The average Bonchev–Trinajstić information content (AvgIpc) is 2.11. The predicted octanol–water partition coefficient (Wildman–Crippen LogP) is 2.93. The third kappa shape index (κ3) is 5.81. The molecular weight excluding hydrogens is 200 g/mol. The Morgan fingerprint density at radius 2 is 2.14 bits per heavy atom. The fourth-order valence-corrected chi connectivity index (χ4v) is 1.04. The molecule has 0 amide bonds. The maximum absolute atomic E-state index is 11.4. The summed E-state index contributed by atoms with van der Waals surface area (Å²) in [5.41, 5.74) is 0. The van der Waals surface area contributed by atoms with Crippen LogP contribution < -0.4 is 0 Å². The van der Waals surface area contributed by atoms with Crippen molar-refractivity contribution in [2.24, 2.45) is 5.92 Å². The Balaban J connectivity index is 4.05. The van der Waals surface area contributed by atoms with Crippen LogP contribution in [0, 0.1) is 5.92 Å². The molecule has 1 unspecified atom stereocenters. The fraction of sp³-hybridized carbons (Fsp3) is 0.545. The number of halogens is 1. The van der Waals surface area contributed by atoms with Gasteiger partial charge in [-0.05, 0) is 20.3 Å². The third-order valence-corrected chi connectivity index (χ3v) is 1.76.